The number of benzene rings is 1. The Kier molecular flexibility index (Phi) is 2.74. The van der Waals surface area contributed by atoms with Crippen molar-refractivity contribution in [3.05, 3.63) is 27.2 Å². The van der Waals surface area contributed by atoms with Crippen molar-refractivity contribution in [3.63, 3.8) is 0 Å². The van der Waals surface area contributed by atoms with Crippen molar-refractivity contribution >= 4 is 35.8 Å². The Morgan fingerprint density at radius 2 is 1.45 bits per heavy atom. The highest BCUT2D eigenvalue weighted by atomic mass is 35.5. The van der Waals surface area contributed by atoms with Gasteiger partial charge >= 0.3 is 0 Å². The monoisotopic (exact) mass is 206 g/mol. The highest BCUT2D eigenvalue weighted by Crippen LogP contribution is 2.31. The summed E-state index contributed by atoms with van der Waals surface area (Å²) in [5, 5.41) is 1.34. The highest BCUT2D eigenvalue weighted by Gasteiger charge is 2.06. The Balaban J connectivity index is 3.46. The molecule has 0 unspecified atom stereocenters. The lowest BCUT2D eigenvalue weighted by Crippen LogP contribution is -1.84. The lowest BCUT2D eigenvalue weighted by Gasteiger charge is -2.06. The number of thiol groups is 1. The first-order valence-electron chi connectivity index (χ1n) is 3.18. The molecular formula is C8H8Cl2S. The largest absolute Gasteiger partial charge is 0.143 e. The lowest BCUT2D eigenvalue weighted by atomic mass is 10.1. The van der Waals surface area contributed by atoms with E-state index in [9.17, 15) is 0 Å². The van der Waals surface area contributed by atoms with Crippen molar-refractivity contribution in [3.8, 4) is 0 Å². The molecule has 0 saturated carbocycles. The molecule has 0 aromatic heterocycles. The number of rotatable bonds is 0. The molecule has 0 heterocycles. The van der Waals surface area contributed by atoms with E-state index < -0.39 is 0 Å². The Labute approximate surface area is 81.9 Å². The van der Waals surface area contributed by atoms with E-state index in [0.717, 1.165) is 16.0 Å². The van der Waals surface area contributed by atoms with Gasteiger partial charge in [0.1, 0.15) is 0 Å². The van der Waals surface area contributed by atoms with Gasteiger partial charge in [-0.3, -0.25) is 0 Å². The van der Waals surface area contributed by atoms with Crippen LogP contribution in [0.3, 0.4) is 0 Å². The molecule has 1 aromatic carbocycles. The second-order valence-corrected chi connectivity index (χ2v) is 3.70. The molecular weight excluding hydrogens is 199 g/mol. The first-order valence-corrected chi connectivity index (χ1v) is 4.38. The zero-order valence-electron chi connectivity index (χ0n) is 6.28. The maximum atomic E-state index is 5.86. The van der Waals surface area contributed by atoms with Crippen LogP contribution in [0.15, 0.2) is 11.0 Å². The molecule has 0 nitrogen and oxygen atoms in total. The van der Waals surface area contributed by atoms with Gasteiger partial charge in [0, 0.05) is 14.9 Å². The van der Waals surface area contributed by atoms with Crippen LogP contribution in [0.4, 0.5) is 0 Å². The summed E-state index contributed by atoms with van der Waals surface area (Å²) in [5.74, 6) is 0. The summed E-state index contributed by atoms with van der Waals surface area (Å²) in [6.07, 6.45) is 0. The molecule has 0 radical (unpaired) electrons. The normalized spacial score (nSPS) is 10.3. The van der Waals surface area contributed by atoms with Crippen LogP contribution in [0, 0.1) is 13.8 Å². The molecule has 60 valence electrons. The number of halogens is 2. The Bertz CT molecular complexity index is 268. The molecule has 1 rings (SSSR count). The van der Waals surface area contributed by atoms with Crippen LogP contribution >= 0.6 is 35.8 Å². The van der Waals surface area contributed by atoms with E-state index in [4.69, 9.17) is 23.2 Å². The predicted octanol–water partition coefficient (Wildman–Crippen LogP) is 3.90. The summed E-state index contributed by atoms with van der Waals surface area (Å²) < 4.78 is 0. The van der Waals surface area contributed by atoms with Crippen molar-refractivity contribution in [2.45, 2.75) is 18.7 Å². The van der Waals surface area contributed by atoms with Gasteiger partial charge in [-0.25, -0.2) is 0 Å². The van der Waals surface area contributed by atoms with E-state index in [2.05, 4.69) is 12.6 Å². The molecule has 0 fully saturated rings. The van der Waals surface area contributed by atoms with Gasteiger partial charge in [0.25, 0.3) is 0 Å². The van der Waals surface area contributed by atoms with Gasteiger partial charge in [0.15, 0.2) is 0 Å². The molecule has 0 N–H and O–H groups in total. The minimum Gasteiger partial charge on any atom is -0.143 e. The first-order chi connectivity index (χ1) is 5.04. The van der Waals surface area contributed by atoms with Gasteiger partial charge in [0.05, 0.1) is 0 Å². The van der Waals surface area contributed by atoms with Crippen LogP contribution in [-0.4, -0.2) is 0 Å². The molecule has 0 aliphatic heterocycles. The molecule has 0 saturated heterocycles. The second kappa shape index (κ2) is 3.26. The van der Waals surface area contributed by atoms with Crippen LogP contribution in [0.2, 0.25) is 10.0 Å². The number of hydrogen-bond donors (Lipinski definition) is 1. The van der Waals surface area contributed by atoms with Gasteiger partial charge < -0.3 is 0 Å². The van der Waals surface area contributed by atoms with E-state index in [1.54, 1.807) is 6.07 Å². The first kappa shape index (κ1) is 9.24. The van der Waals surface area contributed by atoms with Gasteiger partial charge in [-0.2, -0.15) is 0 Å². The number of hydrogen-bond acceptors (Lipinski definition) is 1. The molecule has 0 aliphatic carbocycles. The average molecular weight is 207 g/mol. The maximum absolute atomic E-state index is 5.86. The Morgan fingerprint density at radius 3 is 1.82 bits per heavy atom. The molecule has 0 bridgehead atoms. The van der Waals surface area contributed by atoms with Gasteiger partial charge in [-0.15, -0.1) is 12.6 Å². The van der Waals surface area contributed by atoms with Crippen LogP contribution in [0.5, 0.6) is 0 Å². The molecule has 0 spiro atoms. The van der Waals surface area contributed by atoms with E-state index in [-0.39, 0.29) is 0 Å². The molecule has 1 aromatic rings. The zero-order valence-corrected chi connectivity index (χ0v) is 8.69. The third-order valence-electron chi connectivity index (χ3n) is 1.68. The van der Waals surface area contributed by atoms with E-state index in [1.165, 1.54) is 0 Å². The zero-order chi connectivity index (χ0) is 8.59. The van der Waals surface area contributed by atoms with Crippen LogP contribution in [0.1, 0.15) is 11.1 Å². The molecule has 11 heavy (non-hydrogen) atoms. The fourth-order valence-corrected chi connectivity index (χ4v) is 1.67. The summed E-state index contributed by atoms with van der Waals surface area (Å²) in [6.45, 7) is 3.85. The minimum absolute atomic E-state index is 0.672. The van der Waals surface area contributed by atoms with E-state index in [0.29, 0.717) is 10.0 Å². The summed E-state index contributed by atoms with van der Waals surface area (Å²) in [5.41, 5.74) is 1.97. The van der Waals surface area contributed by atoms with Gasteiger partial charge in [0.2, 0.25) is 0 Å². The summed E-state index contributed by atoms with van der Waals surface area (Å²) in [4.78, 5) is 0.877. The fourth-order valence-electron chi connectivity index (χ4n) is 0.835. The maximum Gasteiger partial charge on any atom is 0.0461 e. The quantitative estimate of drug-likeness (QED) is 0.613. The van der Waals surface area contributed by atoms with E-state index in [1.807, 2.05) is 13.8 Å². The molecule has 3 heteroatoms. The SMILES string of the molecule is Cc1c(Cl)cc(Cl)c(C)c1S. The smallest absolute Gasteiger partial charge is 0.0461 e. The van der Waals surface area contributed by atoms with Crippen LogP contribution < -0.4 is 0 Å². The Morgan fingerprint density at radius 1 is 1.09 bits per heavy atom. The third kappa shape index (κ3) is 1.66. The highest BCUT2D eigenvalue weighted by molar-refractivity contribution is 7.80. The summed E-state index contributed by atoms with van der Waals surface area (Å²) in [7, 11) is 0. The topological polar surface area (TPSA) is 0 Å². The lowest BCUT2D eigenvalue weighted by molar-refractivity contribution is 1.23. The summed E-state index contributed by atoms with van der Waals surface area (Å²) in [6, 6.07) is 1.74. The van der Waals surface area contributed by atoms with E-state index >= 15 is 0 Å². The van der Waals surface area contributed by atoms with Crippen molar-refractivity contribution in [1.29, 1.82) is 0 Å². The van der Waals surface area contributed by atoms with Crippen molar-refractivity contribution in [1.82, 2.24) is 0 Å². The van der Waals surface area contributed by atoms with Crippen molar-refractivity contribution in [2.24, 2.45) is 0 Å². The standard InChI is InChI=1S/C8H8Cl2S/c1-4-6(9)3-7(10)5(2)8(4)11/h3,11H,1-2H3. The van der Waals surface area contributed by atoms with Crippen LogP contribution in [0.25, 0.3) is 0 Å². The molecule has 0 atom stereocenters. The minimum atomic E-state index is 0.672. The third-order valence-corrected chi connectivity index (χ3v) is 3.14. The molecule has 0 amide bonds. The molecule has 0 aliphatic rings. The predicted molar refractivity (Wildman–Crippen MR) is 53.2 cm³/mol. The van der Waals surface area contributed by atoms with Gasteiger partial charge in [-0.05, 0) is 31.0 Å². The van der Waals surface area contributed by atoms with Gasteiger partial charge in [-0.1, -0.05) is 23.2 Å². The van der Waals surface area contributed by atoms with Crippen LogP contribution in [-0.2, 0) is 0 Å². The fraction of sp³-hybridized carbons (Fsp3) is 0.250. The summed E-state index contributed by atoms with van der Waals surface area (Å²) >= 11 is 16.0. The Hall–Kier alpha value is 0.150. The average Bonchev–Trinajstić information content (AvgIpc) is 1.97. The second-order valence-electron chi connectivity index (χ2n) is 2.44. The van der Waals surface area contributed by atoms with Crippen molar-refractivity contribution in [2.75, 3.05) is 0 Å². The van der Waals surface area contributed by atoms with Crippen molar-refractivity contribution < 1.29 is 0 Å².